The Morgan fingerprint density at radius 1 is 0.944 bits per heavy atom. The van der Waals surface area contributed by atoms with E-state index in [2.05, 4.69) is 15.9 Å². The summed E-state index contributed by atoms with van der Waals surface area (Å²) in [5.74, 6) is -1.65. The number of fused-ring (bicyclic) bond motifs is 5. The molecular formula is C29H23BrN2O4. The molecule has 36 heavy (non-hydrogen) atoms. The molecule has 6 nitrogen and oxygen atoms in total. The molecule has 0 aliphatic carbocycles. The van der Waals surface area contributed by atoms with E-state index in [1.165, 1.54) is 4.90 Å². The molecule has 7 heteroatoms. The Labute approximate surface area is 217 Å². The summed E-state index contributed by atoms with van der Waals surface area (Å²) < 4.78 is 5.97. The molecule has 3 aliphatic heterocycles. The summed E-state index contributed by atoms with van der Waals surface area (Å²) in [5, 5.41) is 0. The first-order valence-corrected chi connectivity index (χ1v) is 12.6. The third-order valence-corrected chi connectivity index (χ3v) is 8.08. The number of rotatable bonds is 4. The van der Waals surface area contributed by atoms with Gasteiger partial charge in [-0.25, -0.2) is 4.90 Å². The van der Waals surface area contributed by atoms with E-state index in [0.717, 1.165) is 16.7 Å². The number of hydrogen-bond acceptors (Lipinski definition) is 5. The highest BCUT2D eigenvalue weighted by Crippen LogP contribution is 2.53. The Morgan fingerprint density at radius 2 is 1.67 bits per heavy atom. The number of aryl methyl sites for hydroxylation is 1. The van der Waals surface area contributed by atoms with Crippen molar-refractivity contribution in [3.05, 3.63) is 99.7 Å². The van der Waals surface area contributed by atoms with Gasteiger partial charge in [0.2, 0.25) is 11.8 Å². The van der Waals surface area contributed by atoms with E-state index in [-0.39, 0.29) is 17.6 Å². The van der Waals surface area contributed by atoms with E-state index in [9.17, 15) is 14.4 Å². The van der Waals surface area contributed by atoms with Gasteiger partial charge in [0, 0.05) is 11.8 Å². The summed E-state index contributed by atoms with van der Waals surface area (Å²) in [5.41, 5.74) is 3.97. The molecule has 0 saturated carbocycles. The minimum absolute atomic E-state index is 0.202. The number of Topliss-reactive ketones (excluding diaryl/α,β-unsaturated/α-hetero) is 1. The van der Waals surface area contributed by atoms with Gasteiger partial charge in [-0.05, 0) is 70.4 Å². The zero-order valence-electron chi connectivity index (χ0n) is 19.7. The van der Waals surface area contributed by atoms with Gasteiger partial charge in [0.25, 0.3) is 0 Å². The van der Waals surface area contributed by atoms with Gasteiger partial charge >= 0.3 is 0 Å². The predicted molar refractivity (Wildman–Crippen MR) is 140 cm³/mol. The van der Waals surface area contributed by atoms with Crippen molar-refractivity contribution in [3.8, 4) is 5.75 Å². The molecule has 6 rings (SSSR count). The number of anilines is 1. The van der Waals surface area contributed by atoms with Gasteiger partial charge in [0.1, 0.15) is 11.8 Å². The van der Waals surface area contributed by atoms with Crippen LogP contribution in [0.15, 0.2) is 77.4 Å². The number of hydrogen-bond donors (Lipinski definition) is 0. The summed E-state index contributed by atoms with van der Waals surface area (Å²) in [6.45, 7) is 1.96. The van der Waals surface area contributed by atoms with E-state index in [0.29, 0.717) is 21.5 Å². The number of amides is 2. The van der Waals surface area contributed by atoms with Gasteiger partial charge < -0.3 is 9.64 Å². The molecule has 3 heterocycles. The van der Waals surface area contributed by atoms with Crippen LogP contribution in [0.5, 0.6) is 5.75 Å². The fourth-order valence-corrected chi connectivity index (χ4v) is 6.34. The highest BCUT2D eigenvalue weighted by Gasteiger charge is 2.64. The van der Waals surface area contributed by atoms with Crippen molar-refractivity contribution >= 4 is 45.3 Å². The van der Waals surface area contributed by atoms with E-state index in [1.807, 2.05) is 60.5 Å². The van der Waals surface area contributed by atoms with Gasteiger partial charge in [-0.3, -0.25) is 14.4 Å². The number of methoxy groups -OCH3 is 1. The Balaban J connectivity index is 1.48. The fraction of sp³-hybridized carbons (Fsp3) is 0.207. The number of carbonyl (C=O) groups is 3. The number of benzene rings is 3. The minimum atomic E-state index is -0.809. The van der Waals surface area contributed by atoms with Crippen molar-refractivity contribution in [2.24, 2.45) is 11.8 Å². The number of imide groups is 1. The predicted octanol–water partition coefficient (Wildman–Crippen LogP) is 5.16. The average Bonchev–Trinajstić information content (AvgIpc) is 3.36. The van der Waals surface area contributed by atoms with Crippen LogP contribution >= 0.6 is 15.9 Å². The van der Waals surface area contributed by atoms with Crippen molar-refractivity contribution < 1.29 is 19.1 Å². The average molecular weight is 543 g/mol. The largest absolute Gasteiger partial charge is 0.496 e. The lowest BCUT2D eigenvalue weighted by molar-refractivity contribution is -0.123. The number of halogens is 1. The highest BCUT2D eigenvalue weighted by molar-refractivity contribution is 9.10. The molecule has 0 spiro atoms. The second-order valence-corrected chi connectivity index (χ2v) is 10.2. The normalized spacial score (nSPS) is 24.0. The molecular weight excluding hydrogens is 520 g/mol. The number of ketones is 1. The zero-order chi connectivity index (χ0) is 25.1. The minimum Gasteiger partial charge on any atom is -0.496 e. The van der Waals surface area contributed by atoms with Crippen LogP contribution in [-0.4, -0.2) is 35.6 Å². The highest BCUT2D eigenvalue weighted by atomic mass is 79.9. The van der Waals surface area contributed by atoms with Gasteiger partial charge in [0.15, 0.2) is 5.78 Å². The smallest absolute Gasteiger partial charge is 0.240 e. The quantitative estimate of drug-likeness (QED) is 0.336. The molecule has 2 fully saturated rings. The molecule has 2 saturated heterocycles. The molecule has 180 valence electrons. The van der Waals surface area contributed by atoms with Gasteiger partial charge in [0.05, 0.1) is 35.1 Å². The molecule has 4 atom stereocenters. The van der Waals surface area contributed by atoms with Crippen molar-refractivity contribution in [2.45, 2.75) is 19.0 Å². The number of ether oxygens (including phenoxy) is 1. The van der Waals surface area contributed by atoms with E-state index in [1.54, 1.807) is 37.4 Å². The first-order chi connectivity index (χ1) is 17.4. The number of nitrogens with zero attached hydrogens (tertiary/aromatic N) is 2. The Hall–Kier alpha value is -3.71. The first-order valence-electron chi connectivity index (χ1n) is 11.8. The van der Waals surface area contributed by atoms with Crippen LogP contribution in [0.2, 0.25) is 0 Å². The summed E-state index contributed by atoms with van der Waals surface area (Å²) in [6, 6.07) is 19.1. The zero-order valence-corrected chi connectivity index (χ0v) is 21.3. The second kappa shape index (κ2) is 8.45. The SMILES string of the molecule is COc1ccc(C(=O)[C@H]2[C@H]3C(=O)N(c4ccc(C)cc4)C(=O)[C@H]3[C@@H]3c4ccccc4C=CN23)cc1Br. The first kappa shape index (κ1) is 22.7. The third kappa shape index (κ3) is 3.26. The summed E-state index contributed by atoms with van der Waals surface area (Å²) >= 11 is 3.46. The van der Waals surface area contributed by atoms with Crippen molar-refractivity contribution in [1.29, 1.82) is 0 Å². The van der Waals surface area contributed by atoms with E-state index in [4.69, 9.17) is 4.74 Å². The molecule has 0 bridgehead atoms. The van der Waals surface area contributed by atoms with Gasteiger partial charge in [-0.2, -0.15) is 0 Å². The van der Waals surface area contributed by atoms with Crippen LogP contribution in [0.3, 0.4) is 0 Å². The van der Waals surface area contributed by atoms with Gasteiger partial charge in [-0.1, -0.05) is 42.0 Å². The van der Waals surface area contributed by atoms with Crippen LogP contribution in [0, 0.1) is 18.8 Å². The maximum absolute atomic E-state index is 14.0. The Bertz CT molecular complexity index is 1450. The maximum atomic E-state index is 14.0. The lowest BCUT2D eigenvalue weighted by atomic mass is 9.83. The summed E-state index contributed by atoms with van der Waals surface area (Å²) in [4.78, 5) is 45.1. The van der Waals surface area contributed by atoms with Gasteiger partial charge in [-0.15, -0.1) is 0 Å². The monoisotopic (exact) mass is 542 g/mol. The Kier molecular flexibility index (Phi) is 5.34. The standard InChI is InChI=1S/C29H23BrN2O4/c1-16-7-10-19(11-8-16)32-28(34)23-24(29(32)35)26(27(33)18-9-12-22(36-2)21(30)15-18)31-14-13-17-5-3-4-6-20(17)25(23)31/h3-15,23-26H,1-2H3/t23-,24+,25+,26-/m1/s1. The number of carbonyl (C=O) groups excluding carboxylic acids is 3. The lowest BCUT2D eigenvalue weighted by Gasteiger charge is -2.35. The maximum Gasteiger partial charge on any atom is 0.240 e. The fourth-order valence-electron chi connectivity index (χ4n) is 5.80. The second-order valence-electron chi connectivity index (χ2n) is 9.39. The van der Waals surface area contributed by atoms with Crippen LogP contribution in [0.1, 0.15) is 33.1 Å². The topological polar surface area (TPSA) is 66.9 Å². The van der Waals surface area contributed by atoms with Crippen LogP contribution in [0.4, 0.5) is 5.69 Å². The van der Waals surface area contributed by atoms with Crippen molar-refractivity contribution in [1.82, 2.24) is 4.90 Å². The molecule has 0 radical (unpaired) electrons. The third-order valence-electron chi connectivity index (χ3n) is 7.46. The molecule has 0 unspecified atom stereocenters. The lowest BCUT2D eigenvalue weighted by Crippen LogP contribution is -2.44. The Morgan fingerprint density at radius 3 is 2.39 bits per heavy atom. The molecule has 0 aromatic heterocycles. The molecule has 3 aromatic carbocycles. The van der Waals surface area contributed by atoms with E-state index < -0.39 is 23.9 Å². The molecule has 3 aliphatic rings. The molecule has 2 amide bonds. The van der Waals surface area contributed by atoms with Crippen molar-refractivity contribution in [3.63, 3.8) is 0 Å². The van der Waals surface area contributed by atoms with Crippen molar-refractivity contribution in [2.75, 3.05) is 12.0 Å². The molecule has 3 aromatic rings. The van der Waals surface area contributed by atoms with Crippen LogP contribution in [-0.2, 0) is 9.59 Å². The van der Waals surface area contributed by atoms with Crippen LogP contribution in [0.25, 0.3) is 6.08 Å². The molecule has 0 N–H and O–H groups in total. The van der Waals surface area contributed by atoms with Crippen LogP contribution < -0.4 is 9.64 Å². The van der Waals surface area contributed by atoms with E-state index >= 15 is 0 Å². The summed E-state index contributed by atoms with van der Waals surface area (Å²) in [7, 11) is 1.56. The summed E-state index contributed by atoms with van der Waals surface area (Å²) in [6.07, 6.45) is 3.81.